The maximum absolute atomic E-state index is 12.9. The lowest BCUT2D eigenvalue weighted by atomic mass is 10.2. The van der Waals surface area contributed by atoms with Crippen LogP contribution >= 0.6 is 0 Å². The molecule has 0 saturated carbocycles. The summed E-state index contributed by atoms with van der Waals surface area (Å²) in [6, 6.07) is 5.37. The Bertz CT molecular complexity index is 636. The van der Waals surface area contributed by atoms with Crippen molar-refractivity contribution in [1.82, 2.24) is 13.5 Å². The van der Waals surface area contributed by atoms with Gasteiger partial charge in [0.2, 0.25) is 0 Å². The van der Waals surface area contributed by atoms with E-state index in [9.17, 15) is 17.6 Å². The van der Waals surface area contributed by atoms with Crippen LogP contribution in [-0.4, -0.2) is 67.1 Å². The van der Waals surface area contributed by atoms with Crippen molar-refractivity contribution in [3.63, 3.8) is 0 Å². The smallest absolute Gasteiger partial charge is 0.282 e. The van der Waals surface area contributed by atoms with E-state index in [0.29, 0.717) is 31.7 Å². The van der Waals surface area contributed by atoms with Crippen molar-refractivity contribution in [3.05, 3.63) is 35.6 Å². The van der Waals surface area contributed by atoms with Gasteiger partial charge in [-0.15, -0.1) is 0 Å². The minimum atomic E-state index is -3.46. The van der Waals surface area contributed by atoms with Crippen LogP contribution in [0.4, 0.5) is 4.39 Å². The molecule has 0 unspecified atom stereocenters. The summed E-state index contributed by atoms with van der Waals surface area (Å²) in [5.74, 6) is -0.596. The monoisotopic (exact) mass is 343 g/mol. The Hall–Kier alpha value is -1.51. The molecule has 0 aliphatic carbocycles. The lowest BCUT2D eigenvalue weighted by Crippen LogP contribution is -2.54. The number of halogens is 1. The number of piperazine rings is 1. The summed E-state index contributed by atoms with van der Waals surface area (Å²) < 4.78 is 40.6. The summed E-state index contributed by atoms with van der Waals surface area (Å²) in [6.45, 7) is 5.65. The van der Waals surface area contributed by atoms with Gasteiger partial charge >= 0.3 is 0 Å². The normalized spacial score (nSPS) is 16.8. The third-order valence-electron chi connectivity index (χ3n) is 3.98. The summed E-state index contributed by atoms with van der Waals surface area (Å²) in [5, 5.41) is 0. The zero-order valence-electron chi connectivity index (χ0n) is 13.4. The van der Waals surface area contributed by atoms with E-state index in [-0.39, 0.29) is 19.0 Å². The van der Waals surface area contributed by atoms with Crippen LogP contribution in [-0.2, 0) is 10.2 Å². The highest BCUT2D eigenvalue weighted by Crippen LogP contribution is 2.14. The number of hydrogen-bond donors (Lipinski definition) is 0. The average Bonchev–Trinajstić information content (AvgIpc) is 2.56. The fraction of sp³-hybridized carbons (Fsp3) is 0.533. The minimum Gasteiger partial charge on any atom is -0.336 e. The Balaban J connectivity index is 2.01. The first-order valence-corrected chi connectivity index (χ1v) is 9.10. The molecule has 1 saturated heterocycles. The Morgan fingerprint density at radius 2 is 1.61 bits per heavy atom. The van der Waals surface area contributed by atoms with E-state index in [0.717, 1.165) is 0 Å². The van der Waals surface area contributed by atoms with Gasteiger partial charge < -0.3 is 4.90 Å². The second kappa shape index (κ2) is 7.37. The molecule has 0 atom stereocenters. The fourth-order valence-electron chi connectivity index (χ4n) is 2.61. The molecule has 0 spiro atoms. The molecule has 1 aromatic rings. The highest BCUT2D eigenvalue weighted by molar-refractivity contribution is 7.86. The van der Waals surface area contributed by atoms with Crippen LogP contribution in [0.5, 0.6) is 0 Å². The van der Waals surface area contributed by atoms with E-state index >= 15 is 0 Å². The van der Waals surface area contributed by atoms with Crippen molar-refractivity contribution >= 4 is 16.1 Å². The van der Waals surface area contributed by atoms with Gasteiger partial charge in [0, 0.05) is 44.8 Å². The van der Waals surface area contributed by atoms with Gasteiger partial charge in [0.1, 0.15) is 5.82 Å². The van der Waals surface area contributed by atoms with Crippen molar-refractivity contribution in [2.45, 2.75) is 13.8 Å². The second-order valence-electron chi connectivity index (χ2n) is 5.29. The van der Waals surface area contributed by atoms with Crippen molar-refractivity contribution < 1.29 is 17.6 Å². The molecular formula is C15H22FN3O3S. The SMILES string of the molecule is CCN(CC)S(=O)(=O)N1CCN(C(=O)c2ccc(F)cc2)CC1. The van der Waals surface area contributed by atoms with Crippen LogP contribution < -0.4 is 0 Å². The van der Waals surface area contributed by atoms with Crippen molar-refractivity contribution in [1.29, 1.82) is 0 Å². The maximum atomic E-state index is 12.9. The van der Waals surface area contributed by atoms with Crippen LogP contribution in [0.3, 0.4) is 0 Å². The van der Waals surface area contributed by atoms with E-state index in [1.165, 1.54) is 32.9 Å². The largest absolute Gasteiger partial charge is 0.336 e. The van der Waals surface area contributed by atoms with E-state index in [2.05, 4.69) is 0 Å². The first kappa shape index (κ1) is 17.8. The molecule has 23 heavy (non-hydrogen) atoms. The van der Waals surface area contributed by atoms with E-state index in [1.807, 2.05) is 0 Å². The summed E-state index contributed by atoms with van der Waals surface area (Å²) in [5.41, 5.74) is 0.409. The predicted molar refractivity (Wildman–Crippen MR) is 85.7 cm³/mol. The van der Waals surface area contributed by atoms with E-state index in [1.54, 1.807) is 18.7 Å². The lowest BCUT2D eigenvalue weighted by molar-refractivity contribution is 0.0694. The zero-order valence-corrected chi connectivity index (χ0v) is 14.2. The van der Waals surface area contributed by atoms with Crippen molar-refractivity contribution in [2.24, 2.45) is 0 Å². The molecule has 1 heterocycles. The number of rotatable bonds is 5. The number of amides is 1. The minimum absolute atomic E-state index is 0.204. The molecular weight excluding hydrogens is 321 g/mol. The molecule has 1 aliphatic rings. The van der Waals surface area contributed by atoms with Gasteiger partial charge in [0.25, 0.3) is 16.1 Å². The van der Waals surface area contributed by atoms with Gasteiger partial charge in [-0.25, -0.2) is 4.39 Å². The topological polar surface area (TPSA) is 60.9 Å². The van der Waals surface area contributed by atoms with Crippen LogP contribution in [0, 0.1) is 5.82 Å². The van der Waals surface area contributed by atoms with Crippen molar-refractivity contribution in [3.8, 4) is 0 Å². The third-order valence-corrected chi connectivity index (χ3v) is 6.16. The first-order valence-electron chi connectivity index (χ1n) is 7.70. The molecule has 8 heteroatoms. The molecule has 1 fully saturated rings. The molecule has 0 bridgehead atoms. The zero-order chi connectivity index (χ0) is 17.0. The number of carbonyl (C=O) groups excluding carboxylic acids is 1. The van der Waals surface area contributed by atoms with E-state index < -0.39 is 16.0 Å². The number of hydrogen-bond acceptors (Lipinski definition) is 3. The van der Waals surface area contributed by atoms with Gasteiger partial charge in [-0.3, -0.25) is 4.79 Å². The summed E-state index contributed by atoms with van der Waals surface area (Å²) in [4.78, 5) is 13.9. The Kier molecular flexibility index (Phi) is 5.72. The molecule has 2 rings (SSSR count). The van der Waals surface area contributed by atoms with E-state index in [4.69, 9.17) is 0 Å². The summed E-state index contributed by atoms with van der Waals surface area (Å²) in [6.07, 6.45) is 0. The number of carbonyl (C=O) groups is 1. The number of nitrogens with zero attached hydrogens (tertiary/aromatic N) is 3. The van der Waals surface area contributed by atoms with Crippen LogP contribution in [0.15, 0.2) is 24.3 Å². The molecule has 6 nitrogen and oxygen atoms in total. The third kappa shape index (κ3) is 3.88. The van der Waals surface area contributed by atoms with Gasteiger partial charge in [0.05, 0.1) is 0 Å². The standard InChI is InChI=1S/C15H22FN3O3S/c1-3-18(4-2)23(21,22)19-11-9-17(10-12-19)15(20)13-5-7-14(16)8-6-13/h5-8H,3-4,9-12H2,1-2H3. The molecule has 1 amide bonds. The molecule has 0 radical (unpaired) electrons. The highest BCUT2D eigenvalue weighted by atomic mass is 32.2. The molecule has 0 N–H and O–H groups in total. The molecule has 0 aromatic heterocycles. The van der Waals surface area contributed by atoms with Crippen LogP contribution in [0.25, 0.3) is 0 Å². The van der Waals surface area contributed by atoms with Crippen LogP contribution in [0.1, 0.15) is 24.2 Å². The Morgan fingerprint density at radius 3 is 2.09 bits per heavy atom. The Labute approximate surface area is 136 Å². The summed E-state index contributed by atoms with van der Waals surface area (Å²) in [7, 11) is -3.46. The number of benzene rings is 1. The predicted octanol–water partition coefficient (Wildman–Crippen LogP) is 1.17. The van der Waals surface area contributed by atoms with Crippen LogP contribution in [0.2, 0.25) is 0 Å². The lowest BCUT2D eigenvalue weighted by Gasteiger charge is -2.36. The molecule has 1 aliphatic heterocycles. The first-order chi connectivity index (χ1) is 10.9. The molecule has 1 aromatic carbocycles. The molecule has 128 valence electrons. The Morgan fingerprint density at radius 1 is 1.09 bits per heavy atom. The highest BCUT2D eigenvalue weighted by Gasteiger charge is 2.32. The van der Waals surface area contributed by atoms with Gasteiger partial charge in [-0.05, 0) is 24.3 Å². The summed E-state index contributed by atoms with van der Waals surface area (Å²) >= 11 is 0. The van der Waals surface area contributed by atoms with Crippen molar-refractivity contribution in [2.75, 3.05) is 39.3 Å². The van der Waals surface area contributed by atoms with Gasteiger partial charge in [-0.1, -0.05) is 13.8 Å². The maximum Gasteiger partial charge on any atom is 0.282 e. The second-order valence-corrected chi connectivity index (χ2v) is 7.22. The van der Waals surface area contributed by atoms with Gasteiger partial charge in [-0.2, -0.15) is 17.0 Å². The fourth-order valence-corrected chi connectivity index (χ4v) is 4.21. The van der Waals surface area contributed by atoms with Gasteiger partial charge in [0.15, 0.2) is 0 Å². The quantitative estimate of drug-likeness (QED) is 0.806. The average molecular weight is 343 g/mol.